The van der Waals surface area contributed by atoms with Gasteiger partial charge in [-0.3, -0.25) is 4.79 Å². The maximum atomic E-state index is 12.3. The minimum absolute atomic E-state index is 0.0302. The summed E-state index contributed by atoms with van der Waals surface area (Å²) in [5.74, 6) is -0.0769. The first kappa shape index (κ1) is 13.5. The van der Waals surface area contributed by atoms with Crippen molar-refractivity contribution in [3.63, 3.8) is 0 Å². The fourth-order valence-electron chi connectivity index (χ4n) is 1.88. The minimum atomic E-state index is -0.0769. The molecule has 0 fully saturated rings. The zero-order chi connectivity index (χ0) is 13.7. The number of para-hydroxylation sites is 1. The highest BCUT2D eigenvalue weighted by Crippen LogP contribution is 2.21. The molecule has 100 valence electrons. The maximum Gasteiger partial charge on any atom is 0.253 e. The van der Waals surface area contributed by atoms with Crippen LogP contribution >= 0.6 is 11.3 Å². The van der Waals surface area contributed by atoms with Gasteiger partial charge in [-0.1, -0.05) is 19.1 Å². The van der Waals surface area contributed by atoms with Gasteiger partial charge in [0.05, 0.1) is 11.6 Å². The van der Waals surface area contributed by atoms with Crippen molar-refractivity contribution in [2.45, 2.75) is 19.4 Å². The molecule has 1 aromatic carbocycles. The van der Waals surface area contributed by atoms with Gasteiger partial charge >= 0.3 is 0 Å². The predicted octanol–water partition coefficient (Wildman–Crippen LogP) is 3.07. The predicted molar refractivity (Wildman–Crippen MR) is 78.6 cm³/mol. The normalized spacial score (nSPS) is 11.9. The van der Waals surface area contributed by atoms with Crippen molar-refractivity contribution in [3.05, 3.63) is 46.4 Å². The summed E-state index contributed by atoms with van der Waals surface area (Å²) in [6.45, 7) is 2.04. The van der Waals surface area contributed by atoms with E-state index in [4.69, 9.17) is 0 Å². The van der Waals surface area contributed by atoms with Gasteiger partial charge in [0.1, 0.15) is 5.01 Å². The second-order valence-corrected chi connectivity index (χ2v) is 5.03. The lowest BCUT2D eigenvalue weighted by Crippen LogP contribution is -2.28. The molecule has 0 spiro atoms. The quantitative estimate of drug-likeness (QED) is 0.881. The number of hydrogen-bond acceptors (Lipinski definition) is 4. The molecule has 19 heavy (non-hydrogen) atoms. The van der Waals surface area contributed by atoms with Gasteiger partial charge < -0.3 is 10.6 Å². The summed E-state index contributed by atoms with van der Waals surface area (Å²) in [6.07, 6.45) is 2.58. The van der Waals surface area contributed by atoms with Crippen LogP contribution in [0.5, 0.6) is 0 Å². The Morgan fingerprint density at radius 1 is 1.42 bits per heavy atom. The van der Waals surface area contributed by atoms with Gasteiger partial charge in [0.25, 0.3) is 5.91 Å². The lowest BCUT2D eigenvalue weighted by molar-refractivity contribution is 0.0936. The summed E-state index contributed by atoms with van der Waals surface area (Å²) in [7, 11) is 1.81. The van der Waals surface area contributed by atoms with Gasteiger partial charge in [-0.15, -0.1) is 11.3 Å². The maximum absolute atomic E-state index is 12.3. The van der Waals surface area contributed by atoms with Crippen LogP contribution in [0.15, 0.2) is 35.8 Å². The molecule has 0 aliphatic heterocycles. The second-order valence-electron chi connectivity index (χ2n) is 4.10. The van der Waals surface area contributed by atoms with E-state index in [2.05, 4.69) is 15.6 Å². The highest BCUT2D eigenvalue weighted by atomic mass is 32.1. The standard InChI is InChI=1S/C14H17N3OS/c1-3-11(14-16-8-9-19-14)17-13(18)10-6-4-5-7-12(10)15-2/h4-9,11,15H,3H2,1-2H3,(H,17,18). The SMILES string of the molecule is CCC(NC(=O)c1ccccc1NC)c1nccs1. The van der Waals surface area contributed by atoms with Crippen LogP contribution in [-0.4, -0.2) is 17.9 Å². The minimum Gasteiger partial charge on any atom is -0.387 e. The zero-order valence-corrected chi connectivity index (χ0v) is 11.8. The van der Waals surface area contributed by atoms with Gasteiger partial charge in [-0.25, -0.2) is 4.98 Å². The fourth-order valence-corrected chi connectivity index (χ4v) is 2.65. The van der Waals surface area contributed by atoms with Gasteiger partial charge in [-0.05, 0) is 18.6 Å². The van der Waals surface area contributed by atoms with E-state index in [1.807, 2.05) is 43.6 Å². The monoisotopic (exact) mass is 275 g/mol. The van der Waals surface area contributed by atoms with Crippen LogP contribution in [0.1, 0.15) is 34.8 Å². The molecule has 1 heterocycles. The Hall–Kier alpha value is -1.88. The van der Waals surface area contributed by atoms with E-state index in [9.17, 15) is 4.79 Å². The Kier molecular flexibility index (Phi) is 4.52. The van der Waals surface area contributed by atoms with E-state index in [-0.39, 0.29) is 11.9 Å². The molecular formula is C14H17N3OS. The molecule has 2 N–H and O–H groups in total. The topological polar surface area (TPSA) is 54.0 Å². The summed E-state index contributed by atoms with van der Waals surface area (Å²) in [5, 5.41) is 8.92. The number of anilines is 1. The van der Waals surface area contributed by atoms with Crippen molar-refractivity contribution >= 4 is 22.9 Å². The Labute approximate surface area is 116 Å². The molecule has 1 aromatic heterocycles. The molecule has 0 saturated heterocycles. The molecule has 0 aliphatic carbocycles. The Bertz CT molecular complexity index is 539. The second kappa shape index (κ2) is 6.33. The van der Waals surface area contributed by atoms with Crippen molar-refractivity contribution in [1.29, 1.82) is 0 Å². The van der Waals surface area contributed by atoms with E-state index >= 15 is 0 Å². The van der Waals surface area contributed by atoms with Gasteiger partial charge in [0.2, 0.25) is 0 Å². The van der Waals surface area contributed by atoms with Gasteiger partial charge in [-0.2, -0.15) is 0 Å². The number of rotatable bonds is 5. The van der Waals surface area contributed by atoms with Crippen LogP contribution in [0.3, 0.4) is 0 Å². The van der Waals surface area contributed by atoms with E-state index in [0.29, 0.717) is 5.56 Å². The first-order valence-electron chi connectivity index (χ1n) is 6.23. The summed E-state index contributed by atoms with van der Waals surface area (Å²) in [4.78, 5) is 16.6. The number of nitrogens with zero attached hydrogens (tertiary/aromatic N) is 1. The van der Waals surface area contributed by atoms with Crippen LogP contribution in [0.2, 0.25) is 0 Å². The Morgan fingerprint density at radius 2 is 2.21 bits per heavy atom. The third kappa shape index (κ3) is 3.12. The Morgan fingerprint density at radius 3 is 2.84 bits per heavy atom. The molecule has 1 unspecified atom stereocenters. The zero-order valence-electron chi connectivity index (χ0n) is 11.0. The molecule has 4 nitrogen and oxygen atoms in total. The van der Waals surface area contributed by atoms with E-state index < -0.39 is 0 Å². The largest absolute Gasteiger partial charge is 0.387 e. The number of benzene rings is 1. The Balaban J connectivity index is 2.16. The van der Waals surface area contributed by atoms with Crippen LogP contribution in [0.4, 0.5) is 5.69 Å². The van der Waals surface area contributed by atoms with Crippen molar-refractivity contribution in [3.8, 4) is 0 Å². The van der Waals surface area contributed by atoms with Crippen molar-refractivity contribution < 1.29 is 4.79 Å². The number of carbonyl (C=O) groups excluding carboxylic acids is 1. The first-order chi connectivity index (χ1) is 9.26. The molecule has 1 atom stereocenters. The average Bonchev–Trinajstić information content (AvgIpc) is 2.98. The summed E-state index contributed by atoms with van der Waals surface area (Å²) in [6, 6.07) is 7.44. The van der Waals surface area contributed by atoms with Crippen LogP contribution < -0.4 is 10.6 Å². The lowest BCUT2D eigenvalue weighted by atomic mass is 10.1. The molecule has 2 rings (SSSR count). The molecule has 0 bridgehead atoms. The van der Waals surface area contributed by atoms with E-state index in [0.717, 1.165) is 17.1 Å². The number of nitrogens with one attached hydrogen (secondary N) is 2. The number of thiazole rings is 1. The number of amides is 1. The van der Waals surface area contributed by atoms with Gasteiger partial charge in [0.15, 0.2) is 0 Å². The van der Waals surface area contributed by atoms with E-state index in [1.54, 1.807) is 17.5 Å². The number of carbonyl (C=O) groups is 1. The summed E-state index contributed by atoms with van der Waals surface area (Å²) < 4.78 is 0. The number of hydrogen-bond donors (Lipinski definition) is 2. The smallest absolute Gasteiger partial charge is 0.253 e. The highest BCUT2D eigenvalue weighted by molar-refractivity contribution is 7.09. The third-order valence-electron chi connectivity index (χ3n) is 2.90. The summed E-state index contributed by atoms with van der Waals surface area (Å²) in [5.41, 5.74) is 1.48. The molecule has 0 aliphatic rings. The first-order valence-corrected chi connectivity index (χ1v) is 7.11. The molecule has 0 radical (unpaired) electrons. The molecular weight excluding hydrogens is 258 g/mol. The molecule has 5 heteroatoms. The molecule has 2 aromatic rings. The number of aromatic nitrogens is 1. The van der Waals surface area contributed by atoms with Gasteiger partial charge in [0, 0.05) is 24.3 Å². The summed E-state index contributed by atoms with van der Waals surface area (Å²) >= 11 is 1.56. The van der Waals surface area contributed by atoms with Crippen LogP contribution in [0, 0.1) is 0 Å². The van der Waals surface area contributed by atoms with E-state index in [1.165, 1.54) is 0 Å². The fraction of sp³-hybridized carbons (Fsp3) is 0.286. The van der Waals surface area contributed by atoms with Crippen LogP contribution in [-0.2, 0) is 0 Å². The average molecular weight is 275 g/mol. The van der Waals surface area contributed by atoms with Crippen molar-refractivity contribution in [2.24, 2.45) is 0 Å². The van der Waals surface area contributed by atoms with Crippen molar-refractivity contribution in [1.82, 2.24) is 10.3 Å². The molecule has 1 amide bonds. The van der Waals surface area contributed by atoms with Crippen molar-refractivity contribution in [2.75, 3.05) is 12.4 Å². The highest BCUT2D eigenvalue weighted by Gasteiger charge is 2.17. The lowest BCUT2D eigenvalue weighted by Gasteiger charge is -2.16. The third-order valence-corrected chi connectivity index (χ3v) is 3.79. The molecule has 0 saturated carbocycles. The van der Waals surface area contributed by atoms with Crippen LogP contribution in [0.25, 0.3) is 0 Å².